The van der Waals surface area contributed by atoms with Crippen LogP contribution in [-0.2, 0) is 13.1 Å². The van der Waals surface area contributed by atoms with Gasteiger partial charge < -0.3 is 4.52 Å². The van der Waals surface area contributed by atoms with E-state index in [9.17, 15) is 4.39 Å². The molecule has 0 spiro atoms. The first kappa shape index (κ1) is 15.6. The second-order valence-electron chi connectivity index (χ2n) is 5.28. The normalized spacial score (nSPS) is 11.1. The predicted octanol–water partition coefficient (Wildman–Crippen LogP) is 4.16. The molecule has 3 rings (SSSR count). The average Bonchev–Trinajstić information content (AvgIpc) is 2.98. The summed E-state index contributed by atoms with van der Waals surface area (Å²) in [6.45, 7) is 0.903. The van der Waals surface area contributed by atoms with Crippen molar-refractivity contribution in [1.29, 1.82) is 0 Å². The zero-order chi connectivity index (χ0) is 16.2. The molecule has 0 bridgehead atoms. The highest BCUT2D eigenvalue weighted by Gasteiger charge is 2.12. The molecule has 0 fully saturated rings. The molecule has 0 aliphatic heterocycles. The summed E-state index contributed by atoms with van der Waals surface area (Å²) in [4.78, 5) is 6.27. The van der Waals surface area contributed by atoms with Crippen LogP contribution >= 0.6 is 11.6 Å². The fourth-order valence-electron chi connectivity index (χ4n) is 2.24. The summed E-state index contributed by atoms with van der Waals surface area (Å²) in [7, 11) is 1.87. The molecule has 0 N–H and O–H groups in total. The lowest BCUT2D eigenvalue weighted by molar-refractivity contribution is 0.258. The minimum absolute atomic E-state index is 0.216. The highest BCUT2D eigenvalue weighted by Crippen LogP contribution is 2.19. The largest absolute Gasteiger partial charge is 0.338 e. The summed E-state index contributed by atoms with van der Waals surface area (Å²) in [5, 5.41) is 4.62. The lowest BCUT2D eigenvalue weighted by Gasteiger charge is -2.14. The first-order chi connectivity index (χ1) is 11.1. The maximum atomic E-state index is 13.7. The number of rotatable bonds is 5. The Balaban J connectivity index is 1.67. The smallest absolute Gasteiger partial charge is 0.241 e. The first-order valence-corrected chi connectivity index (χ1v) is 7.50. The van der Waals surface area contributed by atoms with Crippen molar-refractivity contribution in [1.82, 2.24) is 15.0 Å². The number of nitrogens with zero attached hydrogens (tertiary/aromatic N) is 3. The van der Waals surface area contributed by atoms with E-state index in [2.05, 4.69) is 10.1 Å². The van der Waals surface area contributed by atoms with E-state index in [1.165, 1.54) is 6.07 Å². The van der Waals surface area contributed by atoms with Crippen molar-refractivity contribution in [2.75, 3.05) is 7.05 Å². The molecule has 0 aliphatic carbocycles. The third kappa shape index (κ3) is 3.94. The summed E-state index contributed by atoms with van der Waals surface area (Å²) in [5.74, 6) is 0.775. The van der Waals surface area contributed by atoms with E-state index in [0.717, 1.165) is 5.56 Å². The van der Waals surface area contributed by atoms with E-state index in [1.54, 1.807) is 24.3 Å². The van der Waals surface area contributed by atoms with Crippen LogP contribution in [0.2, 0.25) is 5.02 Å². The molecule has 118 valence electrons. The molecule has 6 heteroatoms. The van der Waals surface area contributed by atoms with Crippen LogP contribution in [0, 0.1) is 5.82 Å². The van der Waals surface area contributed by atoms with Gasteiger partial charge in [-0.3, -0.25) is 4.90 Å². The van der Waals surface area contributed by atoms with Gasteiger partial charge in [-0.15, -0.1) is 0 Å². The van der Waals surface area contributed by atoms with Gasteiger partial charge in [0.25, 0.3) is 0 Å². The summed E-state index contributed by atoms with van der Waals surface area (Å²) >= 11 is 5.86. The van der Waals surface area contributed by atoms with Crippen molar-refractivity contribution in [3.8, 4) is 11.4 Å². The van der Waals surface area contributed by atoms with E-state index in [-0.39, 0.29) is 5.82 Å². The van der Waals surface area contributed by atoms with Gasteiger partial charge in [0.2, 0.25) is 11.7 Å². The van der Waals surface area contributed by atoms with Crippen LogP contribution in [-0.4, -0.2) is 22.1 Å². The number of aromatic nitrogens is 2. The molecule has 1 heterocycles. The van der Waals surface area contributed by atoms with Gasteiger partial charge in [-0.05, 0) is 37.4 Å². The van der Waals surface area contributed by atoms with Gasteiger partial charge in [0, 0.05) is 22.7 Å². The lowest BCUT2D eigenvalue weighted by atomic mass is 10.2. The number of hydrogen-bond acceptors (Lipinski definition) is 4. The minimum Gasteiger partial charge on any atom is -0.338 e. The molecular weight excluding hydrogens is 317 g/mol. The Hall–Kier alpha value is -2.24. The van der Waals surface area contributed by atoms with Crippen molar-refractivity contribution in [2.24, 2.45) is 0 Å². The topological polar surface area (TPSA) is 42.2 Å². The molecule has 0 amide bonds. The van der Waals surface area contributed by atoms with Gasteiger partial charge >= 0.3 is 0 Å². The SMILES string of the molecule is CN(Cc1nc(-c2ccc(Cl)cc2)no1)Cc1ccccc1F. The van der Waals surface area contributed by atoms with E-state index >= 15 is 0 Å². The van der Waals surface area contributed by atoms with Gasteiger partial charge in [0.05, 0.1) is 6.54 Å². The number of halogens is 2. The maximum Gasteiger partial charge on any atom is 0.241 e. The molecule has 0 unspecified atom stereocenters. The zero-order valence-corrected chi connectivity index (χ0v) is 13.3. The van der Waals surface area contributed by atoms with Crippen molar-refractivity contribution >= 4 is 11.6 Å². The Labute approximate surface area is 138 Å². The van der Waals surface area contributed by atoms with E-state index in [0.29, 0.717) is 35.4 Å². The molecule has 4 nitrogen and oxygen atoms in total. The fourth-order valence-corrected chi connectivity index (χ4v) is 2.37. The van der Waals surface area contributed by atoms with E-state index < -0.39 is 0 Å². The van der Waals surface area contributed by atoms with Crippen molar-refractivity contribution in [2.45, 2.75) is 13.1 Å². The van der Waals surface area contributed by atoms with Crippen LogP contribution in [0.5, 0.6) is 0 Å². The standard InChI is InChI=1S/C17H15ClFN3O/c1-22(10-13-4-2-3-5-15(13)19)11-16-20-17(21-23-16)12-6-8-14(18)9-7-12/h2-9H,10-11H2,1H3. The highest BCUT2D eigenvalue weighted by atomic mass is 35.5. The quantitative estimate of drug-likeness (QED) is 0.704. The minimum atomic E-state index is -0.216. The van der Waals surface area contributed by atoms with Crippen LogP contribution in [0.3, 0.4) is 0 Å². The number of benzene rings is 2. The van der Waals surface area contributed by atoms with E-state index in [1.807, 2.05) is 30.1 Å². The molecular formula is C17H15ClFN3O. The summed E-state index contributed by atoms with van der Waals surface area (Å²) < 4.78 is 18.9. The summed E-state index contributed by atoms with van der Waals surface area (Å²) in [6, 6.07) is 13.9. The molecule has 2 aromatic carbocycles. The van der Waals surface area contributed by atoms with Crippen LogP contribution in [0.4, 0.5) is 4.39 Å². The van der Waals surface area contributed by atoms with Crippen molar-refractivity contribution < 1.29 is 8.91 Å². The van der Waals surface area contributed by atoms with Crippen LogP contribution in [0.1, 0.15) is 11.5 Å². The van der Waals surface area contributed by atoms with Crippen LogP contribution in [0.25, 0.3) is 11.4 Å². The maximum absolute atomic E-state index is 13.7. The lowest BCUT2D eigenvalue weighted by Crippen LogP contribution is -2.18. The Morgan fingerprint density at radius 3 is 2.57 bits per heavy atom. The molecule has 0 aliphatic rings. The van der Waals surface area contributed by atoms with Gasteiger partial charge in [0.15, 0.2) is 0 Å². The van der Waals surface area contributed by atoms with Crippen molar-refractivity contribution in [3.63, 3.8) is 0 Å². The Kier molecular flexibility index (Phi) is 4.69. The summed E-state index contributed by atoms with van der Waals surface area (Å²) in [6.07, 6.45) is 0. The van der Waals surface area contributed by atoms with Crippen molar-refractivity contribution in [3.05, 3.63) is 70.8 Å². The van der Waals surface area contributed by atoms with Crippen LogP contribution in [0.15, 0.2) is 53.1 Å². The van der Waals surface area contributed by atoms with Crippen LogP contribution < -0.4 is 0 Å². The summed E-state index contributed by atoms with van der Waals surface area (Å²) in [5.41, 5.74) is 1.47. The Bertz CT molecular complexity index is 789. The molecule has 3 aromatic rings. The van der Waals surface area contributed by atoms with Gasteiger partial charge in [0.1, 0.15) is 5.82 Å². The highest BCUT2D eigenvalue weighted by molar-refractivity contribution is 6.30. The second-order valence-corrected chi connectivity index (χ2v) is 5.72. The first-order valence-electron chi connectivity index (χ1n) is 7.12. The predicted molar refractivity (Wildman–Crippen MR) is 86.3 cm³/mol. The zero-order valence-electron chi connectivity index (χ0n) is 12.5. The van der Waals surface area contributed by atoms with Gasteiger partial charge in [-0.25, -0.2) is 4.39 Å². The second kappa shape index (κ2) is 6.89. The monoisotopic (exact) mass is 331 g/mol. The third-order valence-electron chi connectivity index (χ3n) is 3.37. The average molecular weight is 332 g/mol. The third-order valence-corrected chi connectivity index (χ3v) is 3.63. The molecule has 0 atom stereocenters. The molecule has 0 saturated carbocycles. The van der Waals surface area contributed by atoms with Gasteiger partial charge in [-0.2, -0.15) is 4.98 Å². The van der Waals surface area contributed by atoms with Gasteiger partial charge in [-0.1, -0.05) is 35.0 Å². The molecule has 23 heavy (non-hydrogen) atoms. The van der Waals surface area contributed by atoms with E-state index in [4.69, 9.17) is 16.1 Å². The fraction of sp³-hybridized carbons (Fsp3) is 0.176. The molecule has 0 saturated heterocycles. The molecule has 1 aromatic heterocycles. The molecule has 0 radical (unpaired) electrons. The Morgan fingerprint density at radius 2 is 1.83 bits per heavy atom. The Morgan fingerprint density at radius 1 is 1.09 bits per heavy atom. The number of hydrogen-bond donors (Lipinski definition) is 0.